The minimum atomic E-state index is -0.567. The van der Waals surface area contributed by atoms with Crippen LogP contribution < -0.4 is 10.2 Å². The van der Waals surface area contributed by atoms with Crippen molar-refractivity contribution < 1.29 is 13.6 Å². The van der Waals surface area contributed by atoms with Crippen molar-refractivity contribution in [3.8, 4) is 0 Å². The highest BCUT2D eigenvalue weighted by molar-refractivity contribution is 5.92. The van der Waals surface area contributed by atoms with Gasteiger partial charge in [0.15, 0.2) is 0 Å². The quantitative estimate of drug-likeness (QED) is 0.831. The van der Waals surface area contributed by atoms with Gasteiger partial charge in [-0.2, -0.15) is 0 Å². The molecule has 136 valence electrons. The van der Waals surface area contributed by atoms with E-state index in [1.165, 1.54) is 23.4 Å². The number of anilines is 1. The van der Waals surface area contributed by atoms with Gasteiger partial charge < -0.3 is 10.2 Å². The number of nitrogens with one attached hydrogen (secondary N) is 1. The maximum absolute atomic E-state index is 13.6. The Kier molecular flexibility index (Phi) is 5.35. The lowest BCUT2D eigenvalue weighted by molar-refractivity contribution is -0.117. The Bertz CT molecular complexity index is 848. The first-order chi connectivity index (χ1) is 12.4. The topological polar surface area (TPSA) is 32.3 Å². The second-order valence-electron chi connectivity index (χ2n) is 6.64. The number of hydrogen-bond donors (Lipinski definition) is 1. The van der Waals surface area contributed by atoms with Gasteiger partial charge in [-0.3, -0.25) is 4.79 Å². The molecule has 0 spiro atoms. The summed E-state index contributed by atoms with van der Waals surface area (Å²) in [6.45, 7) is 2.96. The Balaban J connectivity index is 1.67. The molecule has 0 bridgehead atoms. The van der Waals surface area contributed by atoms with E-state index in [2.05, 4.69) is 29.4 Å². The summed E-state index contributed by atoms with van der Waals surface area (Å²) in [5.41, 5.74) is 3.59. The largest absolute Gasteiger partial charge is 0.374 e. The number of benzene rings is 2. The van der Waals surface area contributed by atoms with Crippen molar-refractivity contribution in [2.24, 2.45) is 0 Å². The maximum Gasteiger partial charge on any atom is 0.244 e. The number of amides is 1. The van der Waals surface area contributed by atoms with Gasteiger partial charge in [-0.25, -0.2) is 8.78 Å². The molecule has 1 unspecified atom stereocenters. The number of nitrogens with zero attached hydrogens (tertiary/aromatic N) is 1. The molecule has 0 saturated carbocycles. The molecule has 1 aliphatic heterocycles. The van der Waals surface area contributed by atoms with Gasteiger partial charge in [0.05, 0.1) is 6.04 Å². The highest BCUT2D eigenvalue weighted by Crippen LogP contribution is 2.28. The molecule has 1 aliphatic rings. The van der Waals surface area contributed by atoms with E-state index in [4.69, 9.17) is 0 Å². The molecule has 2 aromatic rings. The summed E-state index contributed by atoms with van der Waals surface area (Å²) in [6, 6.07) is 9.20. The molecule has 1 amide bonds. The highest BCUT2D eigenvalue weighted by Gasteiger charge is 2.16. The fourth-order valence-corrected chi connectivity index (χ4v) is 3.23. The summed E-state index contributed by atoms with van der Waals surface area (Å²) in [5, 5.41) is 2.86. The number of aryl methyl sites for hydroxylation is 1. The second kappa shape index (κ2) is 7.68. The van der Waals surface area contributed by atoms with Crippen molar-refractivity contribution in [3.05, 3.63) is 70.8 Å². The standard InChI is InChI=1S/C21H22F2N2O/c1-14(15-5-9-20-17(12-15)4-3-11-25(20)2)24-21(26)10-6-16-13-18(22)7-8-19(16)23/h5-10,12-14H,3-4,11H2,1-2H3,(H,24,26)/b10-6+. The lowest BCUT2D eigenvalue weighted by atomic mass is 9.97. The Labute approximate surface area is 152 Å². The predicted octanol–water partition coefficient (Wildman–Crippen LogP) is 4.24. The van der Waals surface area contributed by atoms with Crippen LogP contribution in [0.15, 0.2) is 42.5 Å². The van der Waals surface area contributed by atoms with Crippen LogP contribution in [0.5, 0.6) is 0 Å². The lowest BCUT2D eigenvalue weighted by Gasteiger charge is -2.28. The summed E-state index contributed by atoms with van der Waals surface area (Å²) < 4.78 is 26.7. The van der Waals surface area contributed by atoms with Gasteiger partial charge in [0.2, 0.25) is 5.91 Å². The first kappa shape index (κ1) is 18.1. The second-order valence-corrected chi connectivity index (χ2v) is 6.64. The molecule has 0 saturated heterocycles. The summed E-state index contributed by atoms with van der Waals surface area (Å²) in [5.74, 6) is -1.46. The number of carbonyl (C=O) groups excluding carboxylic acids is 1. The number of carbonyl (C=O) groups is 1. The van der Waals surface area contributed by atoms with Crippen molar-refractivity contribution in [1.29, 1.82) is 0 Å². The zero-order chi connectivity index (χ0) is 18.7. The summed E-state index contributed by atoms with van der Waals surface area (Å²) in [7, 11) is 2.08. The minimum absolute atomic E-state index is 0.0459. The minimum Gasteiger partial charge on any atom is -0.374 e. The molecule has 0 aromatic heterocycles. The Hall–Kier alpha value is -2.69. The van der Waals surface area contributed by atoms with Gasteiger partial charge >= 0.3 is 0 Å². The van der Waals surface area contributed by atoms with Gasteiger partial charge in [0.1, 0.15) is 11.6 Å². The summed E-state index contributed by atoms with van der Waals surface area (Å²) in [6.07, 6.45) is 4.66. The van der Waals surface area contributed by atoms with Crippen molar-refractivity contribution in [2.75, 3.05) is 18.5 Å². The third-order valence-electron chi connectivity index (χ3n) is 4.69. The summed E-state index contributed by atoms with van der Waals surface area (Å²) >= 11 is 0. The monoisotopic (exact) mass is 356 g/mol. The van der Waals surface area contributed by atoms with Gasteiger partial charge in [-0.1, -0.05) is 12.1 Å². The zero-order valence-corrected chi connectivity index (χ0v) is 14.9. The predicted molar refractivity (Wildman–Crippen MR) is 100.0 cm³/mol. The van der Waals surface area contributed by atoms with Gasteiger partial charge in [0, 0.05) is 30.9 Å². The molecule has 0 radical (unpaired) electrons. The van der Waals surface area contributed by atoms with Crippen LogP contribution in [0.1, 0.15) is 36.1 Å². The third kappa shape index (κ3) is 4.10. The molecule has 1 N–H and O–H groups in total. The van der Waals surface area contributed by atoms with Crippen molar-refractivity contribution >= 4 is 17.7 Å². The molecule has 0 aliphatic carbocycles. The highest BCUT2D eigenvalue weighted by atomic mass is 19.1. The molecule has 5 heteroatoms. The first-order valence-corrected chi connectivity index (χ1v) is 8.71. The first-order valence-electron chi connectivity index (χ1n) is 8.71. The van der Waals surface area contributed by atoms with Crippen LogP contribution in [-0.2, 0) is 11.2 Å². The molecule has 0 fully saturated rings. The van der Waals surface area contributed by atoms with E-state index in [1.54, 1.807) is 0 Å². The van der Waals surface area contributed by atoms with Crippen LogP contribution in [0.4, 0.5) is 14.5 Å². The fourth-order valence-electron chi connectivity index (χ4n) is 3.23. The van der Waals surface area contributed by atoms with E-state index in [1.807, 2.05) is 13.0 Å². The van der Waals surface area contributed by atoms with Crippen LogP contribution in [0, 0.1) is 11.6 Å². The Morgan fingerprint density at radius 1 is 1.23 bits per heavy atom. The number of halogens is 2. The van der Waals surface area contributed by atoms with Crippen molar-refractivity contribution in [2.45, 2.75) is 25.8 Å². The molecule has 1 heterocycles. The van der Waals surface area contributed by atoms with Crippen molar-refractivity contribution in [3.63, 3.8) is 0 Å². The molecule has 26 heavy (non-hydrogen) atoms. The van der Waals surface area contributed by atoms with Crippen LogP contribution in [0.25, 0.3) is 6.08 Å². The van der Waals surface area contributed by atoms with Crippen LogP contribution in [0.2, 0.25) is 0 Å². The van der Waals surface area contributed by atoms with E-state index < -0.39 is 11.6 Å². The van der Waals surface area contributed by atoms with Crippen LogP contribution >= 0.6 is 0 Å². The molecule has 3 rings (SSSR count). The van der Waals surface area contributed by atoms with Crippen LogP contribution in [-0.4, -0.2) is 19.5 Å². The average Bonchev–Trinajstić information content (AvgIpc) is 2.62. The average molecular weight is 356 g/mol. The number of rotatable bonds is 4. The smallest absolute Gasteiger partial charge is 0.244 e. The molecular formula is C21H22F2N2O. The zero-order valence-electron chi connectivity index (χ0n) is 14.9. The number of hydrogen-bond acceptors (Lipinski definition) is 2. The van der Waals surface area contributed by atoms with E-state index in [0.29, 0.717) is 0 Å². The van der Waals surface area contributed by atoms with Gasteiger partial charge in [-0.05, 0) is 61.2 Å². The lowest BCUT2D eigenvalue weighted by Crippen LogP contribution is -2.27. The third-order valence-corrected chi connectivity index (χ3v) is 4.69. The van der Waals surface area contributed by atoms with Crippen molar-refractivity contribution in [1.82, 2.24) is 5.32 Å². The molecule has 1 atom stereocenters. The maximum atomic E-state index is 13.6. The fraction of sp³-hybridized carbons (Fsp3) is 0.286. The molecular weight excluding hydrogens is 334 g/mol. The normalized spacial score (nSPS) is 15.0. The molecule has 2 aromatic carbocycles. The Morgan fingerprint density at radius 2 is 2.04 bits per heavy atom. The molecule has 3 nitrogen and oxygen atoms in total. The van der Waals surface area contributed by atoms with E-state index in [9.17, 15) is 13.6 Å². The van der Waals surface area contributed by atoms with Gasteiger partial charge in [0.25, 0.3) is 0 Å². The van der Waals surface area contributed by atoms with Crippen LogP contribution in [0.3, 0.4) is 0 Å². The van der Waals surface area contributed by atoms with E-state index in [0.717, 1.165) is 43.1 Å². The SMILES string of the molecule is CC(NC(=O)/C=C/c1cc(F)ccc1F)c1ccc2c(c1)CCCN2C. The van der Waals surface area contributed by atoms with E-state index in [-0.39, 0.29) is 17.5 Å². The Morgan fingerprint density at radius 3 is 2.85 bits per heavy atom. The number of fused-ring (bicyclic) bond motifs is 1. The summed E-state index contributed by atoms with van der Waals surface area (Å²) in [4.78, 5) is 14.4. The van der Waals surface area contributed by atoms with Gasteiger partial charge in [-0.15, -0.1) is 0 Å². The van der Waals surface area contributed by atoms with E-state index >= 15 is 0 Å².